The average molecular weight is 280 g/mol. The molecule has 2 aromatic rings. The summed E-state index contributed by atoms with van der Waals surface area (Å²) in [6.07, 6.45) is 1.65. The van der Waals surface area contributed by atoms with E-state index in [2.05, 4.69) is 11.9 Å². The Morgan fingerprint density at radius 2 is 2.05 bits per heavy atom. The van der Waals surface area contributed by atoms with Crippen molar-refractivity contribution in [3.63, 3.8) is 0 Å². The fourth-order valence-corrected chi connectivity index (χ4v) is 2.78. The minimum atomic E-state index is -0.257. The van der Waals surface area contributed by atoms with E-state index in [1.54, 1.807) is 23.5 Å². The smallest absolute Gasteiger partial charge is 0.123 e. The Balaban J connectivity index is 1.88. The third kappa shape index (κ3) is 3.75. The molecular weight excluding hydrogens is 263 g/mol. The van der Waals surface area contributed by atoms with E-state index in [1.165, 1.54) is 12.1 Å². The monoisotopic (exact) mass is 280 g/mol. The maximum Gasteiger partial charge on any atom is 0.123 e. The highest BCUT2D eigenvalue weighted by Crippen LogP contribution is 2.19. The molecule has 0 fully saturated rings. The van der Waals surface area contributed by atoms with Crippen LogP contribution >= 0.6 is 11.3 Å². The van der Waals surface area contributed by atoms with Gasteiger partial charge in [0.25, 0.3) is 0 Å². The molecule has 0 saturated heterocycles. The van der Waals surface area contributed by atoms with E-state index >= 15 is 0 Å². The van der Waals surface area contributed by atoms with E-state index in [0.717, 1.165) is 28.4 Å². The molecule has 1 heterocycles. The maximum absolute atomic E-state index is 12.7. The minimum absolute atomic E-state index is 0.257. The molecule has 3 nitrogen and oxygen atoms in total. The fraction of sp³-hybridized carbons (Fsp3) is 0.357. The quantitative estimate of drug-likeness (QED) is 0.885. The predicted molar refractivity (Wildman–Crippen MR) is 75.0 cm³/mol. The zero-order valence-corrected chi connectivity index (χ0v) is 11.7. The van der Waals surface area contributed by atoms with Gasteiger partial charge in [0, 0.05) is 17.8 Å². The van der Waals surface area contributed by atoms with Crippen LogP contribution in [0.15, 0.2) is 24.3 Å². The zero-order valence-electron chi connectivity index (χ0n) is 10.9. The van der Waals surface area contributed by atoms with E-state index < -0.39 is 0 Å². The highest BCUT2D eigenvalue weighted by atomic mass is 32.1. The normalized spacial score (nSPS) is 10.7. The molecule has 102 valence electrons. The Hall–Kier alpha value is -1.46. The van der Waals surface area contributed by atoms with Gasteiger partial charge in [0.15, 0.2) is 0 Å². The van der Waals surface area contributed by atoms with Crippen molar-refractivity contribution >= 4 is 11.3 Å². The Bertz CT molecular complexity index is 503. The van der Waals surface area contributed by atoms with Gasteiger partial charge in [0.2, 0.25) is 0 Å². The summed E-state index contributed by atoms with van der Waals surface area (Å²) in [4.78, 5) is 5.70. The van der Waals surface area contributed by atoms with Gasteiger partial charge in [-0.25, -0.2) is 9.37 Å². The lowest BCUT2D eigenvalue weighted by Crippen LogP contribution is -2.01. The van der Waals surface area contributed by atoms with Gasteiger partial charge in [-0.2, -0.15) is 0 Å². The standard InChI is InChI=1S/C14H17FN2OS/c1-2-12-13(9-16)19-14(17-12)7-8-18-11-5-3-10(15)4-6-11/h3-6H,2,7-9,16H2,1H3. The van der Waals surface area contributed by atoms with E-state index in [4.69, 9.17) is 10.5 Å². The summed E-state index contributed by atoms with van der Waals surface area (Å²) in [6.45, 7) is 3.15. The van der Waals surface area contributed by atoms with Crippen LogP contribution in [0.3, 0.4) is 0 Å². The molecule has 0 atom stereocenters. The SMILES string of the molecule is CCc1nc(CCOc2ccc(F)cc2)sc1CN. The number of aryl methyl sites for hydroxylation is 1. The van der Waals surface area contributed by atoms with Gasteiger partial charge < -0.3 is 10.5 Å². The van der Waals surface area contributed by atoms with Crippen molar-refractivity contribution in [3.8, 4) is 5.75 Å². The van der Waals surface area contributed by atoms with Crippen LogP contribution in [0.1, 0.15) is 22.5 Å². The minimum Gasteiger partial charge on any atom is -0.493 e. The molecule has 0 amide bonds. The first-order chi connectivity index (χ1) is 9.22. The van der Waals surface area contributed by atoms with Gasteiger partial charge >= 0.3 is 0 Å². The van der Waals surface area contributed by atoms with Crippen molar-refractivity contribution in [3.05, 3.63) is 45.7 Å². The van der Waals surface area contributed by atoms with Crippen molar-refractivity contribution in [1.82, 2.24) is 4.98 Å². The number of rotatable bonds is 6. The van der Waals surface area contributed by atoms with E-state index in [-0.39, 0.29) is 5.82 Å². The first-order valence-corrected chi connectivity index (χ1v) is 7.10. The van der Waals surface area contributed by atoms with Crippen LogP contribution in [0.2, 0.25) is 0 Å². The molecule has 0 bridgehead atoms. The van der Waals surface area contributed by atoms with Gasteiger partial charge in [-0.15, -0.1) is 11.3 Å². The van der Waals surface area contributed by atoms with E-state index in [0.29, 0.717) is 18.9 Å². The molecule has 0 aliphatic rings. The van der Waals surface area contributed by atoms with Crippen molar-refractivity contribution in [1.29, 1.82) is 0 Å². The second kappa shape index (κ2) is 6.63. The Morgan fingerprint density at radius 3 is 2.63 bits per heavy atom. The third-order valence-electron chi connectivity index (χ3n) is 2.74. The number of nitrogens with two attached hydrogens (primary N) is 1. The molecule has 0 spiro atoms. The molecule has 5 heteroatoms. The maximum atomic E-state index is 12.7. The molecule has 2 N–H and O–H groups in total. The summed E-state index contributed by atoms with van der Waals surface area (Å²) in [5.41, 5.74) is 6.76. The highest BCUT2D eigenvalue weighted by molar-refractivity contribution is 7.11. The Labute approximate surface area is 116 Å². The summed E-state index contributed by atoms with van der Waals surface area (Å²) >= 11 is 1.65. The number of hydrogen-bond acceptors (Lipinski definition) is 4. The lowest BCUT2D eigenvalue weighted by Gasteiger charge is -2.04. The second-order valence-corrected chi connectivity index (χ2v) is 5.26. The van der Waals surface area contributed by atoms with Gasteiger partial charge in [-0.3, -0.25) is 0 Å². The van der Waals surface area contributed by atoms with Crippen LogP contribution in [-0.2, 0) is 19.4 Å². The molecule has 1 aromatic heterocycles. The van der Waals surface area contributed by atoms with Crippen LogP contribution in [-0.4, -0.2) is 11.6 Å². The average Bonchev–Trinajstić information content (AvgIpc) is 2.83. The molecule has 0 aliphatic heterocycles. The molecule has 2 rings (SSSR count). The predicted octanol–water partition coefficient (Wildman–Crippen LogP) is 2.92. The van der Waals surface area contributed by atoms with E-state index in [9.17, 15) is 4.39 Å². The van der Waals surface area contributed by atoms with Crippen LogP contribution in [0.5, 0.6) is 5.75 Å². The first-order valence-electron chi connectivity index (χ1n) is 6.28. The first kappa shape index (κ1) is 14.0. The highest BCUT2D eigenvalue weighted by Gasteiger charge is 2.08. The summed E-state index contributed by atoms with van der Waals surface area (Å²) in [5.74, 6) is 0.417. The molecule has 19 heavy (non-hydrogen) atoms. The zero-order chi connectivity index (χ0) is 13.7. The van der Waals surface area contributed by atoms with Crippen molar-refractivity contribution in [2.75, 3.05) is 6.61 Å². The number of benzene rings is 1. The van der Waals surface area contributed by atoms with Gasteiger partial charge in [-0.1, -0.05) is 6.92 Å². The van der Waals surface area contributed by atoms with Crippen LogP contribution in [0, 0.1) is 5.82 Å². The molecule has 0 unspecified atom stereocenters. The van der Waals surface area contributed by atoms with Crippen molar-refractivity contribution in [2.45, 2.75) is 26.3 Å². The Kier molecular flexibility index (Phi) is 4.87. The summed E-state index contributed by atoms with van der Waals surface area (Å²) in [6, 6.07) is 6.03. The summed E-state index contributed by atoms with van der Waals surface area (Å²) < 4.78 is 18.3. The van der Waals surface area contributed by atoms with Crippen molar-refractivity contribution in [2.24, 2.45) is 5.73 Å². The lowest BCUT2D eigenvalue weighted by molar-refractivity contribution is 0.321. The molecular formula is C14H17FN2OS. The molecule has 0 radical (unpaired) electrons. The number of hydrogen-bond donors (Lipinski definition) is 1. The molecule has 0 saturated carbocycles. The van der Waals surface area contributed by atoms with Crippen LogP contribution in [0.25, 0.3) is 0 Å². The fourth-order valence-electron chi connectivity index (χ4n) is 1.77. The largest absolute Gasteiger partial charge is 0.493 e. The molecule has 1 aromatic carbocycles. The number of halogens is 1. The van der Waals surface area contributed by atoms with Crippen LogP contribution in [0.4, 0.5) is 4.39 Å². The van der Waals surface area contributed by atoms with E-state index in [1.807, 2.05) is 0 Å². The summed E-state index contributed by atoms with van der Waals surface area (Å²) in [7, 11) is 0. The van der Waals surface area contributed by atoms with Crippen LogP contribution < -0.4 is 10.5 Å². The summed E-state index contributed by atoms with van der Waals surface area (Å²) in [5, 5.41) is 1.04. The topological polar surface area (TPSA) is 48.1 Å². The van der Waals surface area contributed by atoms with Gasteiger partial charge in [0.1, 0.15) is 11.6 Å². The second-order valence-electron chi connectivity index (χ2n) is 4.09. The van der Waals surface area contributed by atoms with Gasteiger partial charge in [0.05, 0.1) is 17.3 Å². The number of thiazole rings is 1. The molecule has 0 aliphatic carbocycles. The van der Waals surface area contributed by atoms with Gasteiger partial charge in [-0.05, 0) is 30.7 Å². The Morgan fingerprint density at radius 1 is 1.32 bits per heavy atom. The number of nitrogens with zero attached hydrogens (tertiary/aromatic N) is 1. The lowest BCUT2D eigenvalue weighted by atomic mass is 10.3. The number of ether oxygens (including phenoxy) is 1. The van der Waals surface area contributed by atoms with Crippen molar-refractivity contribution < 1.29 is 9.13 Å². The third-order valence-corrected chi connectivity index (χ3v) is 3.92. The number of aromatic nitrogens is 1.